The van der Waals surface area contributed by atoms with Crippen molar-refractivity contribution in [3.8, 4) is 17.2 Å². The van der Waals surface area contributed by atoms with Crippen LogP contribution in [0.4, 0.5) is 0 Å². The number of methoxy groups -OCH3 is 1. The molecule has 2 aromatic heterocycles. The Morgan fingerprint density at radius 3 is 2.81 bits per heavy atom. The fourth-order valence-corrected chi connectivity index (χ4v) is 3.77. The number of aromatic amines is 1. The number of phenols is 2. The fourth-order valence-electron chi connectivity index (χ4n) is 3.77. The van der Waals surface area contributed by atoms with Crippen molar-refractivity contribution < 1.29 is 24.2 Å². The van der Waals surface area contributed by atoms with Crippen molar-refractivity contribution in [2.24, 2.45) is 0 Å². The van der Waals surface area contributed by atoms with Crippen molar-refractivity contribution in [1.82, 2.24) is 10.3 Å². The van der Waals surface area contributed by atoms with Crippen molar-refractivity contribution in [2.45, 2.75) is 19.8 Å². The fraction of sp³-hybridized carbons (Fsp3) is 0.217. The minimum absolute atomic E-state index is 0.0696. The SMILES string of the molecule is COc1ccc2c(CCNC(=O)Cc3c(C)c4c(O)cc(O)cc4oc3=O)c[nH]c2c1. The van der Waals surface area contributed by atoms with E-state index in [9.17, 15) is 19.8 Å². The number of hydrogen-bond donors (Lipinski definition) is 4. The third-order valence-electron chi connectivity index (χ3n) is 5.37. The van der Waals surface area contributed by atoms with Gasteiger partial charge in [-0.05, 0) is 36.6 Å². The molecule has 31 heavy (non-hydrogen) atoms. The Morgan fingerprint density at radius 2 is 2.03 bits per heavy atom. The molecule has 8 nitrogen and oxygen atoms in total. The quantitative estimate of drug-likeness (QED) is 0.354. The molecular weight excluding hydrogens is 400 g/mol. The lowest BCUT2D eigenvalue weighted by Crippen LogP contribution is -2.29. The number of hydrogen-bond acceptors (Lipinski definition) is 6. The van der Waals surface area contributed by atoms with E-state index in [4.69, 9.17) is 9.15 Å². The van der Waals surface area contributed by atoms with E-state index in [2.05, 4.69) is 10.3 Å². The van der Waals surface area contributed by atoms with Gasteiger partial charge in [-0.15, -0.1) is 0 Å². The van der Waals surface area contributed by atoms with E-state index in [0.717, 1.165) is 28.3 Å². The largest absolute Gasteiger partial charge is 0.508 e. The number of phenolic OH excluding ortho intramolecular Hbond substituents is 2. The number of rotatable bonds is 6. The lowest BCUT2D eigenvalue weighted by atomic mass is 10.0. The maximum absolute atomic E-state index is 12.4. The molecule has 0 aliphatic heterocycles. The van der Waals surface area contributed by atoms with E-state index in [0.29, 0.717) is 23.9 Å². The van der Waals surface area contributed by atoms with Crippen LogP contribution in [0.3, 0.4) is 0 Å². The molecule has 160 valence electrons. The Bertz CT molecular complexity index is 1350. The Labute approximate surface area is 177 Å². The minimum atomic E-state index is -0.671. The number of benzene rings is 2. The number of amides is 1. The van der Waals surface area contributed by atoms with Crippen LogP contribution in [0.25, 0.3) is 21.9 Å². The van der Waals surface area contributed by atoms with Gasteiger partial charge < -0.3 is 29.7 Å². The van der Waals surface area contributed by atoms with Gasteiger partial charge in [0.05, 0.1) is 24.5 Å². The number of carbonyl (C=O) groups is 1. The summed E-state index contributed by atoms with van der Waals surface area (Å²) in [5.41, 5.74) is 2.03. The molecule has 0 aliphatic carbocycles. The lowest BCUT2D eigenvalue weighted by Gasteiger charge is -2.10. The lowest BCUT2D eigenvalue weighted by molar-refractivity contribution is -0.120. The Hall–Kier alpha value is -3.94. The smallest absolute Gasteiger partial charge is 0.340 e. The molecule has 0 fully saturated rings. The molecule has 0 radical (unpaired) electrons. The van der Waals surface area contributed by atoms with Crippen LogP contribution in [0.1, 0.15) is 16.7 Å². The molecule has 4 N–H and O–H groups in total. The van der Waals surface area contributed by atoms with E-state index in [1.54, 1.807) is 14.0 Å². The van der Waals surface area contributed by atoms with Crippen LogP contribution in [-0.2, 0) is 17.6 Å². The summed E-state index contributed by atoms with van der Waals surface area (Å²) in [5, 5.41) is 23.9. The highest BCUT2D eigenvalue weighted by Gasteiger charge is 2.18. The van der Waals surface area contributed by atoms with E-state index < -0.39 is 5.63 Å². The van der Waals surface area contributed by atoms with Crippen LogP contribution in [0.5, 0.6) is 17.2 Å². The predicted molar refractivity (Wildman–Crippen MR) is 116 cm³/mol. The maximum atomic E-state index is 12.4. The zero-order valence-corrected chi connectivity index (χ0v) is 17.1. The average molecular weight is 422 g/mol. The second-order valence-corrected chi connectivity index (χ2v) is 7.33. The molecule has 2 aromatic carbocycles. The second-order valence-electron chi connectivity index (χ2n) is 7.33. The number of aryl methyl sites for hydroxylation is 1. The summed E-state index contributed by atoms with van der Waals surface area (Å²) in [4.78, 5) is 28.0. The van der Waals surface area contributed by atoms with Crippen LogP contribution < -0.4 is 15.7 Å². The molecule has 8 heteroatoms. The number of ether oxygens (including phenoxy) is 1. The number of aromatic hydroxyl groups is 2. The van der Waals surface area contributed by atoms with Crippen LogP contribution in [0.2, 0.25) is 0 Å². The van der Waals surface area contributed by atoms with Crippen LogP contribution in [0.15, 0.2) is 45.7 Å². The van der Waals surface area contributed by atoms with Gasteiger partial charge in [0.15, 0.2) is 0 Å². The van der Waals surface area contributed by atoms with Gasteiger partial charge in [0, 0.05) is 41.8 Å². The Morgan fingerprint density at radius 1 is 1.23 bits per heavy atom. The molecule has 0 bridgehead atoms. The van der Waals surface area contributed by atoms with E-state index in [1.807, 2.05) is 24.4 Å². The van der Waals surface area contributed by atoms with Gasteiger partial charge in [0.1, 0.15) is 22.8 Å². The van der Waals surface area contributed by atoms with Crippen LogP contribution >= 0.6 is 0 Å². The summed E-state index contributed by atoms with van der Waals surface area (Å²) < 4.78 is 10.4. The summed E-state index contributed by atoms with van der Waals surface area (Å²) in [6.07, 6.45) is 2.34. The summed E-state index contributed by atoms with van der Waals surface area (Å²) in [7, 11) is 1.61. The van der Waals surface area contributed by atoms with Crippen molar-refractivity contribution in [2.75, 3.05) is 13.7 Å². The van der Waals surface area contributed by atoms with E-state index in [-0.39, 0.29) is 35.0 Å². The molecule has 0 atom stereocenters. The standard InChI is InChI=1S/C23H22N2O6/c1-12-17(23(29)31-20-8-14(26)7-19(27)22(12)20)10-21(28)24-6-5-13-11-25-18-9-15(30-2)3-4-16(13)18/h3-4,7-9,11,25-27H,5-6,10H2,1-2H3,(H,24,28). The van der Waals surface area contributed by atoms with Gasteiger partial charge in [0.2, 0.25) is 5.91 Å². The molecule has 0 spiro atoms. The summed E-state index contributed by atoms with van der Waals surface area (Å²) in [5.74, 6) is 0.0113. The molecule has 4 aromatic rings. The maximum Gasteiger partial charge on any atom is 0.340 e. The van der Waals surface area contributed by atoms with Gasteiger partial charge in [-0.3, -0.25) is 4.79 Å². The summed E-state index contributed by atoms with van der Waals surface area (Å²) >= 11 is 0. The van der Waals surface area contributed by atoms with Gasteiger partial charge in [-0.25, -0.2) is 4.79 Å². The number of fused-ring (bicyclic) bond motifs is 2. The third-order valence-corrected chi connectivity index (χ3v) is 5.37. The van der Waals surface area contributed by atoms with Gasteiger partial charge in [-0.1, -0.05) is 0 Å². The summed E-state index contributed by atoms with van der Waals surface area (Å²) in [6, 6.07) is 8.18. The van der Waals surface area contributed by atoms with Crippen molar-refractivity contribution in [3.05, 3.63) is 63.6 Å². The number of carbonyl (C=O) groups excluding carboxylic acids is 1. The molecule has 0 saturated heterocycles. The Balaban J connectivity index is 1.46. The predicted octanol–water partition coefficient (Wildman–Crippen LogP) is 2.90. The first-order valence-electron chi connectivity index (χ1n) is 9.76. The molecule has 1 amide bonds. The van der Waals surface area contributed by atoms with Crippen molar-refractivity contribution in [3.63, 3.8) is 0 Å². The molecular formula is C23H22N2O6. The summed E-state index contributed by atoms with van der Waals surface area (Å²) in [6.45, 7) is 2.04. The van der Waals surface area contributed by atoms with Gasteiger partial charge in [0.25, 0.3) is 0 Å². The topological polar surface area (TPSA) is 125 Å². The third kappa shape index (κ3) is 3.92. The highest BCUT2D eigenvalue weighted by molar-refractivity contribution is 5.90. The Kier molecular flexibility index (Phi) is 5.29. The van der Waals surface area contributed by atoms with Crippen molar-refractivity contribution >= 4 is 27.8 Å². The second kappa shape index (κ2) is 8.06. The molecule has 0 aliphatic rings. The number of nitrogens with one attached hydrogen (secondary N) is 2. The normalized spacial score (nSPS) is 11.2. The first-order valence-corrected chi connectivity index (χ1v) is 9.76. The van der Waals surface area contributed by atoms with Crippen LogP contribution in [-0.4, -0.2) is 34.8 Å². The highest BCUT2D eigenvalue weighted by Crippen LogP contribution is 2.32. The molecule has 4 rings (SSSR count). The minimum Gasteiger partial charge on any atom is -0.508 e. The molecule has 0 unspecified atom stereocenters. The monoisotopic (exact) mass is 422 g/mol. The van der Waals surface area contributed by atoms with Gasteiger partial charge >= 0.3 is 5.63 Å². The zero-order valence-electron chi connectivity index (χ0n) is 17.1. The average Bonchev–Trinajstić information content (AvgIpc) is 3.12. The first kappa shape index (κ1) is 20.3. The number of H-pyrrole nitrogens is 1. The first-order chi connectivity index (χ1) is 14.9. The molecule has 0 saturated carbocycles. The van der Waals surface area contributed by atoms with Crippen LogP contribution in [0, 0.1) is 6.92 Å². The highest BCUT2D eigenvalue weighted by atomic mass is 16.5. The van der Waals surface area contributed by atoms with Gasteiger partial charge in [-0.2, -0.15) is 0 Å². The van der Waals surface area contributed by atoms with E-state index >= 15 is 0 Å². The number of aromatic nitrogens is 1. The molecule has 2 heterocycles. The zero-order chi connectivity index (χ0) is 22.1. The van der Waals surface area contributed by atoms with E-state index in [1.165, 1.54) is 6.07 Å². The van der Waals surface area contributed by atoms with Crippen molar-refractivity contribution in [1.29, 1.82) is 0 Å².